The number of benzene rings is 1. The van der Waals surface area contributed by atoms with Gasteiger partial charge in [0.15, 0.2) is 0 Å². The summed E-state index contributed by atoms with van der Waals surface area (Å²) in [5.74, 6) is -0.137. The summed E-state index contributed by atoms with van der Waals surface area (Å²) in [6.45, 7) is 1.83. The Morgan fingerprint density at radius 2 is 1.82 bits per heavy atom. The number of hydrogen-bond acceptors (Lipinski definition) is 8. The van der Waals surface area contributed by atoms with E-state index in [9.17, 15) is 9.59 Å². The fourth-order valence-corrected chi connectivity index (χ4v) is 3.57. The molecule has 0 radical (unpaired) electrons. The molecule has 13 heteroatoms. The Balaban J connectivity index is 2.39. The molecule has 0 spiro atoms. The highest BCUT2D eigenvalue weighted by molar-refractivity contribution is 7.99. The fraction of sp³-hybridized carbons (Fsp3) is 0.467. The van der Waals surface area contributed by atoms with E-state index >= 15 is 0 Å². The number of hydrogen-bond donors (Lipinski definition) is 0. The molecule has 1 aliphatic rings. The summed E-state index contributed by atoms with van der Waals surface area (Å²) in [4.78, 5) is 29.1. The Labute approximate surface area is 168 Å². The van der Waals surface area contributed by atoms with E-state index in [4.69, 9.17) is 36.9 Å². The third-order valence-electron chi connectivity index (χ3n) is 3.66. The van der Waals surface area contributed by atoms with E-state index in [1.54, 1.807) is 30.3 Å². The lowest BCUT2D eigenvalue weighted by molar-refractivity contribution is -0.182. The first-order valence-electron chi connectivity index (χ1n) is 7.99. The maximum absolute atomic E-state index is 12.5. The van der Waals surface area contributed by atoms with Crippen LogP contribution in [0.5, 0.6) is 0 Å². The highest BCUT2D eigenvalue weighted by Crippen LogP contribution is 2.35. The van der Waals surface area contributed by atoms with Gasteiger partial charge in [0.2, 0.25) is 6.29 Å². The molecule has 5 atom stereocenters. The number of rotatable bonds is 7. The van der Waals surface area contributed by atoms with Gasteiger partial charge in [0.05, 0.1) is 11.6 Å². The molecule has 0 N–H and O–H groups in total. The lowest BCUT2D eigenvalue weighted by Crippen LogP contribution is -2.57. The first-order valence-corrected chi connectivity index (χ1v) is 9.42. The average molecular weight is 427 g/mol. The fourth-order valence-electron chi connectivity index (χ4n) is 2.56. The second-order valence-electron chi connectivity index (χ2n) is 5.31. The zero-order valence-corrected chi connectivity index (χ0v) is 16.1. The van der Waals surface area contributed by atoms with E-state index in [0.717, 1.165) is 0 Å². The van der Waals surface area contributed by atoms with E-state index in [1.807, 2.05) is 6.92 Å². The number of halogens is 1. The molecule has 0 bridgehead atoms. The van der Waals surface area contributed by atoms with Crippen LogP contribution in [0, 0.1) is 0 Å². The van der Waals surface area contributed by atoms with E-state index in [1.165, 1.54) is 11.8 Å². The molecule has 0 amide bonds. The number of ether oxygens (including phenoxy) is 3. The Hall–Kier alpha value is -2.62. The lowest BCUT2D eigenvalue weighted by atomic mass is 10.0. The van der Waals surface area contributed by atoms with Crippen molar-refractivity contribution < 1.29 is 23.8 Å². The van der Waals surface area contributed by atoms with E-state index in [0.29, 0.717) is 5.75 Å². The number of azide groups is 2. The predicted octanol–water partition coefficient (Wildman–Crippen LogP) is 4.38. The first-order chi connectivity index (χ1) is 13.5. The minimum absolute atomic E-state index is 0.275. The molecular formula is C15H15ClN6O5S. The van der Waals surface area contributed by atoms with Crippen molar-refractivity contribution in [1.82, 2.24) is 0 Å². The maximum Gasteiger partial charge on any atom is 0.406 e. The SMILES string of the molecule is CCS[C@@H]1O[C@H](OC(=O)Cl)[C@@H](N=[N+]=[N-])[C@@H](N=[N+]=[N-])[C@H]1OC(=O)c1ccccc1. The van der Waals surface area contributed by atoms with Gasteiger partial charge in [-0.25, -0.2) is 9.59 Å². The molecule has 1 aliphatic heterocycles. The monoisotopic (exact) mass is 426 g/mol. The highest BCUT2D eigenvalue weighted by atomic mass is 35.5. The van der Waals surface area contributed by atoms with Gasteiger partial charge in [-0.3, -0.25) is 0 Å². The van der Waals surface area contributed by atoms with Crippen molar-refractivity contribution in [2.75, 3.05) is 5.75 Å². The quantitative estimate of drug-likeness (QED) is 0.206. The second kappa shape index (κ2) is 10.6. The van der Waals surface area contributed by atoms with Gasteiger partial charge in [0, 0.05) is 21.4 Å². The van der Waals surface area contributed by atoms with Crippen LogP contribution in [-0.2, 0) is 14.2 Å². The molecule has 1 heterocycles. The van der Waals surface area contributed by atoms with Gasteiger partial charge in [0.25, 0.3) is 0 Å². The normalized spacial score (nSPS) is 26.3. The number of thioether (sulfide) groups is 1. The molecule has 1 aromatic rings. The zero-order valence-electron chi connectivity index (χ0n) is 14.5. The summed E-state index contributed by atoms with van der Waals surface area (Å²) in [6.07, 6.45) is -2.51. The van der Waals surface area contributed by atoms with Crippen molar-refractivity contribution in [3.8, 4) is 0 Å². The van der Waals surface area contributed by atoms with Crippen molar-refractivity contribution in [2.45, 2.75) is 36.8 Å². The van der Waals surface area contributed by atoms with Crippen LogP contribution in [-0.4, -0.2) is 47.1 Å². The molecule has 148 valence electrons. The van der Waals surface area contributed by atoms with Gasteiger partial charge in [-0.15, -0.1) is 11.8 Å². The Morgan fingerprint density at radius 1 is 1.18 bits per heavy atom. The van der Waals surface area contributed by atoms with Gasteiger partial charge < -0.3 is 14.2 Å². The molecule has 1 fully saturated rings. The average Bonchev–Trinajstić information content (AvgIpc) is 2.67. The number of nitrogens with zero attached hydrogens (tertiary/aromatic N) is 6. The van der Waals surface area contributed by atoms with Crippen LogP contribution >= 0.6 is 23.4 Å². The predicted molar refractivity (Wildman–Crippen MR) is 101 cm³/mol. The van der Waals surface area contributed by atoms with Crippen molar-refractivity contribution >= 4 is 34.8 Å². The summed E-state index contributed by atoms with van der Waals surface area (Å²) in [6, 6.07) is 5.70. The molecule has 1 aromatic carbocycles. The molecule has 0 unspecified atom stereocenters. The first kappa shape index (κ1) is 21.7. The standard InChI is InChI=1S/C15H15ClN6O5S/c1-2-28-14-11(25-12(23)8-6-4-3-5-7-8)9(19-21-17)10(20-22-18)13(26-14)27-15(16)24/h3-7,9-11,13-14H,2H2,1H3/t9-,10+,11-,13-,14+/m1/s1. The van der Waals surface area contributed by atoms with E-state index in [-0.39, 0.29) is 5.56 Å². The van der Waals surface area contributed by atoms with Gasteiger partial charge >= 0.3 is 11.4 Å². The Bertz CT molecular complexity index is 801. The third-order valence-corrected chi connectivity index (χ3v) is 4.79. The molecule has 1 saturated heterocycles. The van der Waals surface area contributed by atoms with Gasteiger partial charge in [0.1, 0.15) is 17.6 Å². The van der Waals surface area contributed by atoms with Crippen LogP contribution in [0.2, 0.25) is 0 Å². The van der Waals surface area contributed by atoms with Crippen LogP contribution in [0.3, 0.4) is 0 Å². The zero-order chi connectivity index (χ0) is 20.5. The minimum atomic E-state index is -1.41. The smallest absolute Gasteiger partial charge is 0.406 e. The van der Waals surface area contributed by atoms with Crippen LogP contribution < -0.4 is 0 Å². The molecule has 0 saturated carbocycles. The van der Waals surface area contributed by atoms with Gasteiger partial charge in [-0.2, -0.15) is 0 Å². The van der Waals surface area contributed by atoms with Crippen molar-refractivity contribution in [1.29, 1.82) is 0 Å². The number of carbonyl (C=O) groups excluding carboxylic acids is 2. The number of carbonyl (C=O) groups is 2. The van der Waals surface area contributed by atoms with Crippen LogP contribution in [0.15, 0.2) is 40.6 Å². The third kappa shape index (κ3) is 5.44. The molecule has 28 heavy (non-hydrogen) atoms. The largest absolute Gasteiger partial charge is 0.455 e. The van der Waals surface area contributed by atoms with Crippen LogP contribution in [0.4, 0.5) is 4.79 Å². The molecule has 11 nitrogen and oxygen atoms in total. The summed E-state index contributed by atoms with van der Waals surface area (Å²) in [7, 11) is 0. The second-order valence-corrected chi connectivity index (χ2v) is 6.99. The summed E-state index contributed by atoms with van der Waals surface area (Å²) in [5, 5.41) is 7.11. The van der Waals surface area contributed by atoms with Crippen molar-refractivity contribution in [2.24, 2.45) is 10.2 Å². The number of esters is 1. The minimum Gasteiger partial charge on any atom is -0.455 e. The topological polar surface area (TPSA) is 159 Å². The summed E-state index contributed by atoms with van der Waals surface area (Å²) >= 11 is 6.48. The van der Waals surface area contributed by atoms with Gasteiger partial charge in [-0.1, -0.05) is 35.4 Å². The highest BCUT2D eigenvalue weighted by Gasteiger charge is 2.49. The van der Waals surface area contributed by atoms with E-state index in [2.05, 4.69) is 20.1 Å². The maximum atomic E-state index is 12.5. The Morgan fingerprint density at radius 3 is 2.39 bits per heavy atom. The van der Waals surface area contributed by atoms with Gasteiger partial charge in [-0.05, 0) is 28.9 Å². The van der Waals surface area contributed by atoms with E-state index < -0.39 is 41.3 Å². The van der Waals surface area contributed by atoms with Crippen LogP contribution in [0.25, 0.3) is 20.9 Å². The Kier molecular flexibility index (Phi) is 8.24. The van der Waals surface area contributed by atoms with Crippen molar-refractivity contribution in [3.63, 3.8) is 0 Å². The lowest BCUT2D eigenvalue weighted by Gasteiger charge is -2.41. The molecule has 2 rings (SSSR count). The van der Waals surface area contributed by atoms with Crippen LogP contribution in [0.1, 0.15) is 17.3 Å². The summed E-state index contributed by atoms with van der Waals surface area (Å²) in [5.41, 5.74) is 16.0. The summed E-state index contributed by atoms with van der Waals surface area (Å²) < 4.78 is 16.0. The molecule has 0 aromatic heterocycles. The molecular weight excluding hydrogens is 412 g/mol. The molecule has 0 aliphatic carbocycles. The van der Waals surface area contributed by atoms with Crippen molar-refractivity contribution in [3.05, 3.63) is 56.8 Å².